The molecule has 1 aromatic carbocycles. The molecule has 0 N–H and O–H groups in total. The Balaban J connectivity index is 2.53. The van der Waals surface area contributed by atoms with Gasteiger partial charge in [-0.25, -0.2) is 8.78 Å². The minimum Gasteiger partial charge on any atom is -0.488 e. The summed E-state index contributed by atoms with van der Waals surface area (Å²) in [5.74, 6) is 0.362. The first-order valence-electron chi connectivity index (χ1n) is 5.43. The van der Waals surface area contributed by atoms with Crippen molar-refractivity contribution in [2.75, 3.05) is 18.1 Å². The van der Waals surface area contributed by atoms with Gasteiger partial charge in [0.15, 0.2) is 17.4 Å². The van der Waals surface area contributed by atoms with Crippen molar-refractivity contribution in [1.82, 2.24) is 0 Å². The second-order valence-corrected chi connectivity index (χ2v) is 5.08. The van der Waals surface area contributed by atoms with E-state index < -0.39 is 11.6 Å². The smallest absolute Gasteiger partial charge is 0.190 e. The van der Waals surface area contributed by atoms with Gasteiger partial charge in [-0.3, -0.25) is 0 Å². The highest BCUT2D eigenvalue weighted by atomic mass is 35.5. The molecule has 0 unspecified atom stereocenters. The van der Waals surface area contributed by atoms with Crippen LogP contribution in [0.5, 0.6) is 5.75 Å². The Hall–Kier alpha value is -0.480. The van der Waals surface area contributed by atoms with Crippen LogP contribution < -0.4 is 4.74 Å². The number of hydrogen-bond acceptors (Lipinski definition) is 2. The van der Waals surface area contributed by atoms with E-state index >= 15 is 0 Å². The van der Waals surface area contributed by atoms with Gasteiger partial charge in [0.05, 0.1) is 6.61 Å². The van der Waals surface area contributed by atoms with Gasteiger partial charge in [-0.2, -0.15) is 11.8 Å². The predicted molar refractivity (Wildman–Crippen MR) is 69.0 cm³/mol. The minimum atomic E-state index is -0.691. The zero-order valence-corrected chi connectivity index (χ0v) is 11.2. The van der Waals surface area contributed by atoms with E-state index in [0.29, 0.717) is 12.2 Å². The lowest BCUT2D eigenvalue weighted by Crippen LogP contribution is -2.03. The van der Waals surface area contributed by atoms with Crippen LogP contribution in [0.15, 0.2) is 12.1 Å². The lowest BCUT2D eigenvalue weighted by molar-refractivity contribution is 0.285. The van der Waals surface area contributed by atoms with Gasteiger partial charge in [0, 0.05) is 5.88 Å². The van der Waals surface area contributed by atoms with Gasteiger partial charge < -0.3 is 4.74 Å². The van der Waals surface area contributed by atoms with Crippen LogP contribution in [-0.4, -0.2) is 18.1 Å². The fourth-order valence-corrected chi connectivity index (χ4v) is 2.07. The molecule has 96 valence electrons. The SMILES string of the molecule is CCSCCCOc1c(F)cc(CCl)cc1F. The van der Waals surface area contributed by atoms with Gasteiger partial charge >= 0.3 is 0 Å². The highest BCUT2D eigenvalue weighted by Crippen LogP contribution is 2.24. The predicted octanol–water partition coefficient (Wildman–Crippen LogP) is 4.23. The number of ether oxygens (including phenoxy) is 1. The molecule has 17 heavy (non-hydrogen) atoms. The van der Waals surface area contributed by atoms with E-state index in [-0.39, 0.29) is 11.6 Å². The topological polar surface area (TPSA) is 9.23 Å². The monoisotopic (exact) mass is 280 g/mol. The molecule has 0 radical (unpaired) electrons. The third-order valence-electron chi connectivity index (χ3n) is 2.10. The van der Waals surface area contributed by atoms with E-state index in [0.717, 1.165) is 17.9 Å². The number of thioether (sulfide) groups is 1. The Labute approximate surface area is 109 Å². The Morgan fingerprint density at radius 1 is 1.29 bits per heavy atom. The molecular weight excluding hydrogens is 266 g/mol. The lowest BCUT2D eigenvalue weighted by Gasteiger charge is -2.09. The largest absolute Gasteiger partial charge is 0.488 e. The van der Waals surface area contributed by atoms with E-state index in [1.165, 1.54) is 12.1 Å². The number of halogens is 3. The summed E-state index contributed by atoms with van der Waals surface area (Å²) in [6.45, 7) is 2.39. The summed E-state index contributed by atoms with van der Waals surface area (Å²) in [7, 11) is 0. The molecule has 0 saturated carbocycles. The van der Waals surface area contributed by atoms with E-state index in [9.17, 15) is 8.78 Å². The maximum atomic E-state index is 13.4. The van der Waals surface area contributed by atoms with Gasteiger partial charge in [-0.1, -0.05) is 6.92 Å². The number of alkyl halides is 1. The van der Waals surface area contributed by atoms with Crippen molar-refractivity contribution in [2.24, 2.45) is 0 Å². The standard InChI is InChI=1S/C12H15ClF2OS/c1-2-17-5-3-4-16-12-10(14)6-9(8-13)7-11(12)15/h6-7H,2-5,8H2,1H3. The molecule has 0 amide bonds. The molecular formula is C12H15ClF2OS. The third kappa shape index (κ3) is 4.72. The van der Waals surface area contributed by atoms with Crippen LogP contribution in [-0.2, 0) is 5.88 Å². The second-order valence-electron chi connectivity index (χ2n) is 3.42. The normalized spacial score (nSPS) is 10.6. The Bertz CT molecular complexity index is 337. The Kier molecular flexibility index (Phi) is 6.66. The molecule has 1 rings (SSSR count). The van der Waals surface area contributed by atoms with Crippen LogP contribution in [0.2, 0.25) is 0 Å². The summed E-state index contributed by atoms with van der Waals surface area (Å²) in [4.78, 5) is 0. The van der Waals surface area contributed by atoms with Crippen molar-refractivity contribution in [1.29, 1.82) is 0 Å². The van der Waals surface area contributed by atoms with E-state index in [4.69, 9.17) is 16.3 Å². The minimum absolute atomic E-state index is 0.0846. The zero-order chi connectivity index (χ0) is 12.7. The quantitative estimate of drug-likeness (QED) is 0.546. The van der Waals surface area contributed by atoms with Gasteiger partial charge in [0.1, 0.15) is 0 Å². The average Bonchev–Trinajstić information content (AvgIpc) is 2.31. The maximum absolute atomic E-state index is 13.4. The molecule has 0 atom stereocenters. The van der Waals surface area contributed by atoms with Crippen molar-refractivity contribution in [3.05, 3.63) is 29.3 Å². The summed E-state index contributed by atoms with van der Waals surface area (Å²) in [5, 5.41) is 0. The molecule has 0 saturated heterocycles. The van der Waals surface area contributed by atoms with Crippen molar-refractivity contribution in [3.8, 4) is 5.75 Å². The summed E-state index contributed by atoms with van der Waals surface area (Å²) < 4.78 is 32.0. The van der Waals surface area contributed by atoms with E-state index in [1.807, 2.05) is 0 Å². The summed E-state index contributed by atoms with van der Waals surface area (Å²) in [6, 6.07) is 2.40. The van der Waals surface area contributed by atoms with E-state index in [1.54, 1.807) is 11.8 Å². The molecule has 0 aliphatic carbocycles. The van der Waals surface area contributed by atoms with Crippen molar-refractivity contribution < 1.29 is 13.5 Å². The van der Waals surface area contributed by atoms with Crippen LogP contribution in [0.25, 0.3) is 0 Å². The maximum Gasteiger partial charge on any atom is 0.190 e. The highest BCUT2D eigenvalue weighted by Gasteiger charge is 2.12. The Morgan fingerprint density at radius 3 is 2.47 bits per heavy atom. The van der Waals surface area contributed by atoms with Gasteiger partial charge in [0.2, 0.25) is 0 Å². The second kappa shape index (κ2) is 7.77. The molecule has 0 aliphatic heterocycles. The fourth-order valence-electron chi connectivity index (χ4n) is 1.31. The molecule has 0 aliphatic rings. The van der Waals surface area contributed by atoms with Gasteiger partial charge in [0.25, 0.3) is 0 Å². The molecule has 0 spiro atoms. The molecule has 1 nitrogen and oxygen atoms in total. The van der Waals surface area contributed by atoms with Crippen LogP contribution in [0, 0.1) is 11.6 Å². The lowest BCUT2D eigenvalue weighted by atomic mass is 10.2. The molecule has 0 bridgehead atoms. The molecule has 1 aromatic rings. The van der Waals surface area contributed by atoms with Crippen molar-refractivity contribution in [2.45, 2.75) is 19.2 Å². The Morgan fingerprint density at radius 2 is 1.94 bits per heavy atom. The van der Waals surface area contributed by atoms with Gasteiger partial charge in [-0.05, 0) is 35.6 Å². The first kappa shape index (κ1) is 14.6. The van der Waals surface area contributed by atoms with Gasteiger partial charge in [-0.15, -0.1) is 11.6 Å². The first-order chi connectivity index (χ1) is 8.19. The highest BCUT2D eigenvalue weighted by molar-refractivity contribution is 7.99. The van der Waals surface area contributed by atoms with Crippen LogP contribution in [0.1, 0.15) is 18.9 Å². The first-order valence-corrected chi connectivity index (χ1v) is 7.12. The molecule has 0 fully saturated rings. The van der Waals surface area contributed by atoms with Crippen LogP contribution in [0.3, 0.4) is 0 Å². The average molecular weight is 281 g/mol. The molecule has 0 aromatic heterocycles. The summed E-state index contributed by atoms with van der Waals surface area (Å²) in [6.07, 6.45) is 0.772. The van der Waals surface area contributed by atoms with Crippen LogP contribution in [0.4, 0.5) is 8.78 Å². The van der Waals surface area contributed by atoms with Crippen molar-refractivity contribution in [3.63, 3.8) is 0 Å². The third-order valence-corrected chi connectivity index (χ3v) is 3.39. The van der Waals surface area contributed by atoms with Crippen molar-refractivity contribution >= 4 is 23.4 Å². The molecule has 0 heterocycles. The number of hydrogen-bond donors (Lipinski definition) is 0. The number of rotatable bonds is 7. The summed E-state index contributed by atoms with van der Waals surface area (Å²) in [5.41, 5.74) is 0.413. The van der Waals surface area contributed by atoms with Crippen LogP contribution >= 0.6 is 23.4 Å². The summed E-state index contributed by atoms with van der Waals surface area (Å²) >= 11 is 7.28. The fraction of sp³-hybridized carbons (Fsp3) is 0.500. The zero-order valence-electron chi connectivity index (χ0n) is 9.64. The molecule has 5 heteroatoms. The number of benzene rings is 1. The van der Waals surface area contributed by atoms with E-state index in [2.05, 4.69) is 6.92 Å².